The molecule has 6 heteroatoms. The molecule has 0 unspecified atom stereocenters. The molecule has 5 nitrogen and oxygen atoms in total. The van der Waals surface area contributed by atoms with Crippen LogP contribution in [0.25, 0.3) is 0 Å². The molecule has 1 N–H and O–H groups in total. The number of carbonyl (C=O) groups excluding carboxylic acids is 1. The molecule has 0 amide bonds. The van der Waals surface area contributed by atoms with Gasteiger partial charge < -0.3 is 9.84 Å². The molecule has 26 heavy (non-hydrogen) atoms. The van der Waals surface area contributed by atoms with Crippen LogP contribution >= 0.6 is 11.9 Å². The molecule has 0 saturated heterocycles. The van der Waals surface area contributed by atoms with Gasteiger partial charge in [0.25, 0.3) is 0 Å². The van der Waals surface area contributed by atoms with Crippen molar-refractivity contribution in [3.05, 3.63) is 34.2 Å². The second-order valence-corrected chi connectivity index (χ2v) is 8.93. The molecular weight excluding hydrogens is 350 g/mol. The predicted octanol–water partition coefficient (Wildman–Crippen LogP) is 4.22. The highest BCUT2D eigenvalue weighted by atomic mass is 32.2. The van der Waals surface area contributed by atoms with E-state index in [0.717, 1.165) is 38.5 Å². The Kier molecular flexibility index (Phi) is 4.82. The van der Waals surface area contributed by atoms with Gasteiger partial charge in [0.05, 0.1) is 6.10 Å². The van der Waals surface area contributed by atoms with Crippen molar-refractivity contribution in [3.8, 4) is 5.75 Å². The minimum atomic E-state index is -0.448. The van der Waals surface area contributed by atoms with Crippen LogP contribution in [0.1, 0.15) is 56.1 Å². The third kappa shape index (κ3) is 2.97. The topological polar surface area (TPSA) is 76.0 Å². The monoisotopic (exact) mass is 375 g/mol. The molecule has 0 aromatic heterocycles. The normalized spacial score (nSPS) is 35.2. The number of esters is 1. The highest BCUT2D eigenvalue weighted by molar-refractivity contribution is 7.98. The molecule has 2 saturated carbocycles. The van der Waals surface area contributed by atoms with Gasteiger partial charge in [-0.15, -0.1) is 4.91 Å². The minimum absolute atomic E-state index is 0.0616. The van der Waals surface area contributed by atoms with Crippen LogP contribution in [0.2, 0.25) is 0 Å². The van der Waals surface area contributed by atoms with Gasteiger partial charge in [0.2, 0.25) is 0 Å². The van der Waals surface area contributed by atoms with E-state index in [0.29, 0.717) is 35.5 Å². The maximum atomic E-state index is 11.7. The quantitative estimate of drug-likeness (QED) is 0.369. The lowest BCUT2D eigenvalue weighted by Gasteiger charge is -2.50. The highest BCUT2D eigenvalue weighted by Gasteiger charge is 2.54. The third-order valence-corrected chi connectivity index (χ3v) is 7.58. The van der Waals surface area contributed by atoms with Crippen molar-refractivity contribution in [3.63, 3.8) is 0 Å². The first kappa shape index (κ1) is 18.0. The molecule has 0 spiro atoms. The Morgan fingerprint density at radius 3 is 3.00 bits per heavy atom. The minimum Gasteiger partial charge on any atom is -0.426 e. The molecule has 4 rings (SSSR count). The third-order valence-electron chi connectivity index (χ3n) is 7.11. The molecular formula is C20H25NO4S. The van der Waals surface area contributed by atoms with E-state index in [1.165, 1.54) is 11.1 Å². The molecule has 0 bridgehead atoms. The molecule has 0 radical (unpaired) electrons. The van der Waals surface area contributed by atoms with Crippen molar-refractivity contribution in [2.24, 2.45) is 21.8 Å². The van der Waals surface area contributed by atoms with Crippen molar-refractivity contribution in [2.45, 2.75) is 57.5 Å². The molecule has 140 valence electrons. The van der Waals surface area contributed by atoms with Gasteiger partial charge in [0, 0.05) is 16.5 Å². The summed E-state index contributed by atoms with van der Waals surface area (Å²) < 4.78 is 7.94. The Balaban J connectivity index is 1.52. The predicted molar refractivity (Wildman–Crippen MR) is 101 cm³/mol. The molecule has 1 aromatic carbocycles. The number of benzene rings is 1. The van der Waals surface area contributed by atoms with Crippen molar-refractivity contribution in [1.82, 2.24) is 0 Å². The van der Waals surface area contributed by atoms with Crippen LogP contribution in [0.4, 0.5) is 0 Å². The zero-order valence-corrected chi connectivity index (χ0v) is 15.8. The SMILES string of the molecule is C[C@]12CC[C@@H]3c4ccc(OC(=O)CSN=O)cc4CC[C@H]3[C@@H]1CC[C@@H]2O. The Morgan fingerprint density at radius 2 is 2.19 bits per heavy atom. The number of hydrogen-bond donors (Lipinski definition) is 1. The average Bonchev–Trinajstić information content (AvgIpc) is 2.94. The lowest BCUT2D eigenvalue weighted by atomic mass is 9.55. The summed E-state index contributed by atoms with van der Waals surface area (Å²) in [6.07, 6.45) is 6.30. The van der Waals surface area contributed by atoms with Gasteiger partial charge in [-0.2, -0.15) is 0 Å². The Bertz CT molecular complexity index is 724. The number of aliphatic hydroxyl groups is 1. The van der Waals surface area contributed by atoms with Crippen LogP contribution in [0, 0.1) is 22.2 Å². The van der Waals surface area contributed by atoms with Gasteiger partial charge in [0.1, 0.15) is 11.5 Å². The van der Waals surface area contributed by atoms with Crippen molar-refractivity contribution in [2.75, 3.05) is 5.75 Å². The van der Waals surface area contributed by atoms with E-state index in [9.17, 15) is 14.8 Å². The van der Waals surface area contributed by atoms with Crippen molar-refractivity contribution in [1.29, 1.82) is 0 Å². The number of fused-ring (bicyclic) bond motifs is 5. The van der Waals surface area contributed by atoms with Crippen LogP contribution in [0.15, 0.2) is 22.8 Å². The van der Waals surface area contributed by atoms with E-state index in [4.69, 9.17) is 4.74 Å². The van der Waals surface area contributed by atoms with E-state index in [1.54, 1.807) is 0 Å². The standard InChI is InChI=1S/C20H25NO4S/c1-20-9-8-15-14-5-3-13(25-19(23)11-26-21-24)10-12(14)2-4-16(15)17(20)6-7-18(20)22/h3,5,10,15-18,22H,2,4,6-9,11H2,1H3/t15-,16-,17+,18+,20+/m1/s1. The summed E-state index contributed by atoms with van der Waals surface area (Å²) >= 11 is 0.662. The fourth-order valence-corrected chi connectivity index (χ4v) is 6.05. The maximum Gasteiger partial charge on any atom is 0.323 e. The Morgan fingerprint density at radius 1 is 1.35 bits per heavy atom. The lowest BCUT2D eigenvalue weighted by molar-refractivity contribution is -0.131. The zero-order chi connectivity index (χ0) is 18.3. The largest absolute Gasteiger partial charge is 0.426 e. The number of aliphatic hydroxyl groups excluding tert-OH is 1. The molecule has 2 fully saturated rings. The molecule has 1 aromatic rings. The van der Waals surface area contributed by atoms with Crippen LogP contribution in [0.3, 0.4) is 0 Å². The summed E-state index contributed by atoms with van der Waals surface area (Å²) in [4.78, 5) is 21.8. The second kappa shape index (κ2) is 6.97. The van der Waals surface area contributed by atoms with E-state index in [1.807, 2.05) is 12.1 Å². The summed E-state index contributed by atoms with van der Waals surface area (Å²) in [6.45, 7) is 2.29. The Hall–Kier alpha value is -1.40. The van der Waals surface area contributed by atoms with Crippen molar-refractivity contribution >= 4 is 17.9 Å². The zero-order valence-electron chi connectivity index (χ0n) is 15.0. The smallest absolute Gasteiger partial charge is 0.323 e. The summed E-state index contributed by atoms with van der Waals surface area (Å²) in [6, 6.07) is 5.98. The molecule has 3 aliphatic rings. The Labute approximate surface area is 158 Å². The summed E-state index contributed by atoms with van der Waals surface area (Å²) in [5.74, 6) is 1.87. The number of nitroso groups, excluding NO2 is 1. The first-order valence-corrected chi connectivity index (χ1v) is 10.4. The average molecular weight is 375 g/mol. The van der Waals surface area contributed by atoms with E-state index >= 15 is 0 Å². The lowest BCUT2D eigenvalue weighted by Crippen LogP contribution is -2.43. The van der Waals surface area contributed by atoms with Gasteiger partial charge >= 0.3 is 5.97 Å². The van der Waals surface area contributed by atoms with Crippen LogP contribution < -0.4 is 4.74 Å². The maximum absolute atomic E-state index is 11.7. The number of carbonyl (C=O) groups is 1. The second-order valence-electron chi connectivity index (χ2n) is 8.24. The first-order chi connectivity index (χ1) is 12.5. The number of nitrogens with zero attached hydrogens (tertiary/aromatic N) is 1. The fraction of sp³-hybridized carbons (Fsp3) is 0.650. The number of aryl methyl sites for hydroxylation is 1. The van der Waals surface area contributed by atoms with Crippen LogP contribution in [0.5, 0.6) is 5.75 Å². The van der Waals surface area contributed by atoms with Crippen LogP contribution in [-0.2, 0) is 11.2 Å². The number of ether oxygens (including phenoxy) is 1. The highest BCUT2D eigenvalue weighted by Crippen LogP contribution is 2.60. The number of rotatable bonds is 4. The molecule has 0 heterocycles. The molecule has 5 atom stereocenters. The van der Waals surface area contributed by atoms with E-state index < -0.39 is 5.97 Å². The summed E-state index contributed by atoms with van der Waals surface area (Å²) in [5, 5.41) is 10.5. The molecule has 0 aliphatic heterocycles. The van der Waals surface area contributed by atoms with Crippen molar-refractivity contribution < 1.29 is 14.6 Å². The molecule has 3 aliphatic carbocycles. The first-order valence-electron chi connectivity index (χ1n) is 9.49. The van der Waals surface area contributed by atoms with Gasteiger partial charge in [-0.05, 0) is 85.0 Å². The van der Waals surface area contributed by atoms with E-state index in [-0.39, 0.29) is 17.3 Å². The summed E-state index contributed by atoms with van der Waals surface area (Å²) in [5.41, 5.74) is 2.77. The number of hydrogen-bond acceptors (Lipinski definition) is 6. The fourth-order valence-electron chi connectivity index (χ4n) is 5.83. The van der Waals surface area contributed by atoms with Gasteiger partial charge in [0.15, 0.2) is 0 Å². The van der Waals surface area contributed by atoms with Gasteiger partial charge in [-0.1, -0.05) is 13.0 Å². The van der Waals surface area contributed by atoms with Gasteiger partial charge in [-0.3, -0.25) is 4.79 Å². The van der Waals surface area contributed by atoms with Crippen LogP contribution in [-0.4, -0.2) is 22.9 Å². The van der Waals surface area contributed by atoms with E-state index in [2.05, 4.69) is 17.6 Å². The summed E-state index contributed by atoms with van der Waals surface area (Å²) in [7, 11) is 0. The van der Waals surface area contributed by atoms with Gasteiger partial charge in [-0.25, -0.2) is 0 Å².